The summed E-state index contributed by atoms with van der Waals surface area (Å²) < 4.78 is 54.3. The van der Waals surface area contributed by atoms with Crippen LogP contribution in [0.4, 0.5) is 0 Å². The zero-order valence-electron chi connectivity index (χ0n) is 29.1. The molecule has 2 saturated heterocycles. The van der Waals surface area contributed by atoms with Gasteiger partial charge in [-0.2, -0.15) is 0 Å². The van der Waals surface area contributed by atoms with Crippen molar-refractivity contribution in [2.24, 2.45) is 17.0 Å². The van der Waals surface area contributed by atoms with E-state index in [4.69, 9.17) is 42.6 Å². The van der Waals surface area contributed by atoms with Gasteiger partial charge in [0.25, 0.3) is 0 Å². The molecule has 2 aliphatic heterocycles. The molecule has 2 heterocycles. The normalized spacial score (nSPS) is 41.4. The van der Waals surface area contributed by atoms with Crippen molar-refractivity contribution in [1.82, 2.24) is 10.6 Å². The number of nitrogens with zero attached hydrogens (tertiary/aromatic N) is 3. The van der Waals surface area contributed by atoms with Crippen LogP contribution in [0.25, 0.3) is 10.4 Å². The van der Waals surface area contributed by atoms with Crippen LogP contribution in [0.15, 0.2) is 5.11 Å². The van der Waals surface area contributed by atoms with Gasteiger partial charge >= 0.3 is 0 Å². The molecule has 0 aromatic rings. The Morgan fingerprint density at radius 1 is 0.854 bits per heavy atom. The minimum atomic E-state index is -1.91. The van der Waals surface area contributed by atoms with Crippen molar-refractivity contribution in [1.29, 1.82) is 0 Å². The summed E-state index contributed by atoms with van der Waals surface area (Å²) in [4.78, 5) is 27.5. The van der Waals surface area contributed by atoms with Crippen LogP contribution in [0.1, 0.15) is 34.1 Å². The fourth-order valence-corrected chi connectivity index (χ4v) is 7.34. The predicted octanol–water partition coefficient (Wildman–Crippen LogP) is -0.368. The quantitative estimate of drug-likeness (QED) is 0.0921. The monoisotopic (exact) mass is 691 g/mol. The smallest absolute Gasteiger partial charge is 0.217 e. The molecule has 1 aliphatic carbocycles. The van der Waals surface area contributed by atoms with E-state index in [1.54, 1.807) is 21.1 Å². The standard InChI is InChI=1S/C30H53N5O13/c1-10-17-24(42-7)25(43-8)19(12-40-5)46-28(17)48-27-29(45-14(2)30(27,39)13-32-35-31)47-23-18(11-36)22(41-6)20(33-15(3)37)26(44-9)21(23)34-16(4)38/h14,17-29,36,39H,10-13H2,1-9H3,(H,33,37)(H,34,38)/t14?,17?,18?,19?,20?,21?,22?,23?,24?,25?,26?,27-,28?,29?,30?/m1/s1. The van der Waals surface area contributed by atoms with Gasteiger partial charge < -0.3 is 63.5 Å². The largest absolute Gasteiger partial charge is 0.396 e. The van der Waals surface area contributed by atoms with E-state index in [1.165, 1.54) is 35.2 Å². The van der Waals surface area contributed by atoms with E-state index in [0.717, 1.165) is 0 Å². The van der Waals surface area contributed by atoms with Crippen molar-refractivity contribution in [3.63, 3.8) is 0 Å². The Labute approximate surface area is 280 Å². The zero-order chi connectivity index (χ0) is 35.8. The Kier molecular flexibility index (Phi) is 15.2. The van der Waals surface area contributed by atoms with Gasteiger partial charge in [-0.3, -0.25) is 9.59 Å². The molecule has 4 N–H and O–H groups in total. The molecule has 1 saturated carbocycles. The molecule has 0 aromatic carbocycles. The highest BCUT2D eigenvalue weighted by Gasteiger charge is 2.61. The molecule has 0 radical (unpaired) electrons. The first-order chi connectivity index (χ1) is 22.9. The summed E-state index contributed by atoms with van der Waals surface area (Å²) in [6, 6.07) is -1.74. The van der Waals surface area contributed by atoms with Crippen LogP contribution in [-0.2, 0) is 52.2 Å². The molecule has 3 aliphatic rings. The number of carbonyl (C=O) groups excluding carboxylic acids is 2. The Bertz CT molecular complexity index is 1100. The molecule has 18 nitrogen and oxygen atoms in total. The molecular weight excluding hydrogens is 638 g/mol. The van der Waals surface area contributed by atoms with Gasteiger partial charge in [0.05, 0.1) is 56.3 Å². The van der Waals surface area contributed by atoms with Gasteiger partial charge in [0.15, 0.2) is 12.6 Å². The van der Waals surface area contributed by atoms with Gasteiger partial charge in [0.2, 0.25) is 11.8 Å². The Morgan fingerprint density at radius 3 is 1.92 bits per heavy atom. The van der Waals surface area contributed by atoms with Crippen LogP contribution in [0, 0.1) is 11.8 Å². The number of aliphatic hydroxyl groups excluding tert-OH is 1. The number of nitrogens with one attached hydrogen (secondary N) is 2. The summed E-state index contributed by atoms with van der Waals surface area (Å²) in [5, 5.41) is 32.0. The van der Waals surface area contributed by atoms with Crippen LogP contribution >= 0.6 is 0 Å². The lowest BCUT2D eigenvalue weighted by molar-refractivity contribution is -0.331. The highest BCUT2D eigenvalue weighted by atomic mass is 16.8. The van der Waals surface area contributed by atoms with Gasteiger partial charge in [-0.15, -0.1) is 0 Å². The summed E-state index contributed by atoms with van der Waals surface area (Å²) in [5.41, 5.74) is 7.27. The SMILES string of the molecule is CCC1C(O[C@@H]2C(OC3C(CO)C(OC)C(NC(C)=O)C(OC)C3NC(C)=O)OC(C)C2(O)CN=[N+]=[N-])OC(COC)C(OC)C1OC. The minimum Gasteiger partial charge on any atom is -0.396 e. The highest BCUT2D eigenvalue weighted by molar-refractivity contribution is 5.74. The maximum atomic E-state index is 12.5. The Morgan fingerprint density at radius 2 is 1.44 bits per heavy atom. The molecule has 3 rings (SSSR count). The van der Waals surface area contributed by atoms with Gasteiger partial charge in [0.1, 0.15) is 30.0 Å². The lowest BCUT2D eigenvalue weighted by Gasteiger charge is -2.50. The molecule has 14 unspecified atom stereocenters. The van der Waals surface area contributed by atoms with Crippen LogP contribution in [0.3, 0.4) is 0 Å². The lowest BCUT2D eigenvalue weighted by Crippen LogP contribution is -2.72. The van der Waals surface area contributed by atoms with Crippen molar-refractivity contribution in [2.45, 2.75) is 113 Å². The molecular formula is C30H53N5O13. The lowest BCUT2D eigenvalue weighted by atomic mass is 9.75. The molecule has 18 heteroatoms. The van der Waals surface area contributed by atoms with Crippen LogP contribution in [0.5, 0.6) is 0 Å². The van der Waals surface area contributed by atoms with Crippen molar-refractivity contribution in [3.8, 4) is 0 Å². The number of amides is 2. The van der Waals surface area contributed by atoms with Gasteiger partial charge in [-0.1, -0.05) is 12.0 Å². The van der Waals surface area contributed by atoms with Gasteiger partial charge in [0, 0.05) is 66.1 Å². The van der Waals surface area contributed by atoms with Gasteiger partial charge in [-0.05, 0) is 18.9 Å². The average molecular weight is 692 g/mol. The number of methoxy groups -OCH3 is 5. The number of hydrogen-bond donors (Lipinski definition) is 4. The van der Waals surface area contributed by atoms with Crippen LogP contribution < -0.4 is 10.6 Å². The average Bonchev–Trinajstić information content (AvgIpc) is 3.27. The summed E-state index contributed by atoms with van der Waals surface area (Å²) in [5.74, 6) is -2.04. The van der Waals surface area contributed by atoms with Crippen molar-refractivity contribution >= 4 is 11.8 Å². The predicted molar refractivity (Wildman–Crippen MR) is 166 cm³/mol. The van der Waals surface area contributed by atoms with E-state index in [2.05, 4.69) is 20.7 Å². The summed E-state index contributed by atoms with van der Waals surface area (Å²) in [6.45, 7) is 5.38. The minimum absolute atomic E-state index is 0.153. The van der Waals surface area contributed by atoms with E-state index in [1.807, 2.05) is 6.92 Å². The fourth-order valence-electron chi connectivity index (χ4n) is 7.34. The third-order valence-electron chi connectivity index (χ3n) is 9.61. The first-order valence-electron chi connectivity index (χ1n) is 16.0. The number of rotatable bonds is 16. The second-order valence-electron chi connectivity index (χ2n) is 12.4. The zero-order valence-corrected chi connectivity index (χ0v) is 29.1. The molecule has 0 bridgehead atoms. The second-order valence-corrected chi connectivity index (χ2v) is 12.4. The number of hydrogen-bond acceptors (Lipinski definition) is 14. The highest BCUT2D eigenvalue weighted by Crippen LogP contribution is 2.42. The van der Waals surface area contributed by atoms with Crippen molar-refractivity contribution < 1.29 is 62.4 Å². The number of aliphatic hydroxyl groups is 2. The number of ether oxygens (including phenoxy) is 9. The van der Waals surface area contributed by atoms with Crippen LogP contribution in [0.2, 0.25) is 0 Å². The number of carbonyl (C=O) groups is 2. The molecule has 15 atom stereocenters. The molecule has 0 spiro atoms. The second kappa shape index (κ2) is 18.2. The van der Waals surface area contributed by atoms with Crippen molar-refractivity contribution in [3.05, 3.63) is 10.4 Å². The topological polar surface area (TPSA) is 230 Å². The Hall–Kier alpha value is -2.19. The van der Waals surface area contributed by atoms with Crippen LogP contribution in [-0.4, -0.2) is 156 Å². The third-order valence-corrected chi connectivity index (χ3v) is 9.61. The van der Waals surface area contributed by atoms with E-state index >= 15 is 0 Å². The molecule has 0 aromatic heterocycles. The van der Waals surface area contributed by atoms with E-state index in [0.29, 0.717) is 6.42 Å². The fraction of sp³-hybridized carbons (Fsp3) is 0.933. The molecule has 2 amide bonds. The van der Waals surface area contributed by atoms with E-state index in [9.17, 15) is 25.3 Å². The molecule has 3 fully saturated rings. The summed E-state index contributed by atoms with van der Waals surface area (Å²) >= 11 is 0. The van der Waals surface area contributed by atoms with E-state index in [-0.39, 0.29) is 12.5 Å². The Balaban J connectivity index is 2.09. The van der Waals surface area contributed by atoms with Crippen molar-refractivity contribution in [2.75, 3.05) is 55.3 Å². The first-order valence-corrected chi connectivity index (χ1v) is 16.0. The van der Waals surface area contributed by atoms with E-state index < -0.39 is 110 Å². The summed E-state index contributed by atoms with van der Waals surface area (Å²) in [6.07, 6.45) is -8.52. The maximum Gasteiger partial charge on any atom is 0.217 e. The first kappa shape index (κ1) is 40.2. The summed E-state index contributed by atoms with van der Waals surface area (Å²) in [7, 11) is 7.47. The van der Waals surface area contributed by atoms with Gasteiger partial charge in [-0.25, -0.2) is 0 Å². The molecule has 276 valence electrons. The maximum absolute atomic E-state index is 12.5. The third kappa shape index (κ3) is 8.39. The number of azide groups is 1. The molecule has 48 heavy (non-hydrogen) atoms.